The molecule has 0 bridgehead atoms. The number of morpholine rings is 1. The normalized spacial score (nSPS) is 15.6. The van der Waals surface area contributed by atoms with Crippen LogP contribution in [0.2, 0.25) is 0 Å². The maximum atomic E-state index is 7.19. The predicted octanol–water partition coefficient (Wildman–Crippen LogP) is 0.906. The van der Waals surface area contributed by atoms with Crippen molar-refractivity contribution in [3.8, 4) is 0 Å². The largest absolute Gasteiger partial charge is 0.382 e. The average molecular weight is 219 g/mol. The summed E-state index contributed by atoms with van der Waals surface area (Å²) in [6, 6.07) is 0. The lowest BCUT2D eigenvalue weighted by Crippen LogP contribution is -2.36. The van der Waals surface area contributed by atoms with Crippen LogP contribution in [-0.2, 0) is 4.74 Å². The molecule has 6 nitrogen and oxygen atoms in total. The lowest BCUT2D eigenvalue weighted by Gasteiger charge is -2.28. The minimum Gasteiger partial charge on any atom is -0.382 e. The van der Waals surface area contributed by atoms with E-state index in [9.17, 15) is 0 Å². The molecule has 6 heteroatoms. The van der Waals surface area contributed by atoms with Gasteiger partial charge in [-0.05, 0) is 0 Å². The van der Waals surface area contributed by atoms with Crippen LogP contribution in [0, 0.1) is 6.57 Å². The van der Waals surface area contributed by atoms with Gasteiger partial charge in [0.05, 0.1) is 19.8 Å². The van der Waals surface area contributed by atoms with Crippen molar-refractivity contribution in [1.29, 1.82) is 0 Å². The Morgan fingerprint density at radius 1 is 1.44 bits per heavy atom. The monoisotopic (exact) mass is 219 g/mol. The van der Waals surface area contributed by atoms with Gasteiger partial charge >= 0.3 is 0 Å². The molecule has 2 heterocycles. The Kier molecular flexibility index (Phi) is 3.17. The first kappa shape index (κ1) is 10.6. The first-order chi connectivity index (χ1) is 7.86. The van der Waals surface area contributed by atoms with Gasteiger partial charge < -0.3 is 15.0 Å². The molecule has 0 unspecified atom stereocenters. The van der Waals surface area contributed by atoms with Crippen LogP contribution in [0.1, 0.15) is 0 Å². The molecule has 1 aromatic heterocycles. The fourth-order valence-corrected chi connectivity index (χ4v) is 1.66. The van der Waals surface area contributed by atoms with Crippen molar-refractivity contribution in [3.05, 3.63) is 17.7 Å². The molecular formula is C10H13N5O. The maximum absolute atomic E-state index is 7.19. The Balaban J connectivity index is 2.35. The lowest BCUT2D eigenvalue weighted by molar-refractivity contribution is 0.122. The average Bonchev–Trinajstić information content (AvgIpc) is 2.38. The van der Waals surface area contributed by atoms with E-state index in [1.54, 1.807) is 7.05 Å². The van der Waals surface area contributed by atoms with Crippen LogP contribution in [0.3, 0.4) is 0 Å². The third-order valence-electron chi connectivity index (χ3n) is 2.46. The van der Waals surface area contributed by atoms with E-state index in [4.69, 9.17) is 11.3 Å². The number of ether oxygens (including phenoxy) is 1. The zero-order valence-electron chi connectivity index (χ0n) is 9.10. The summed E-state index contributed by atoms with van der Waals surface area (Å²) in [6.45, 7) is 10.1. The fraction of sp³-hybridized carbons (Fsp3) is 0.500. The summed E-state index contributed by atoms with van der Waals surface area (Å²) in [7, 11) is 1.75. The number of aromatic nitrogens is 2. The number of hydrogen-bond acceptors (Lipinski definition) is 5. The Morgan fingerprint density at radius 3 is 2.81 bits per heavy atom. The molecule has 1 aliphatic rings. The van der Waals surface area contributed by atoms with Crippen molar-refractivity contribution in [3.63, 3.8) is 0 Å². The molecule has 1 N–H and O–H groups in total. The van der Waals surface area contributed by atoms with Crippen LogP contribution in [0.15, 0.2) is 6.33 Å². The van der Waals surface area contributed by atoms with Crippen LogP contribution in [-0.4, -0.2) is 43.3 Å². The number of nitrogens with one attached hydrogen (secondary N) is 1. The Hall–Kier alpha value is -1.87. The summed E-state index contributed by atoms with van der Waals surface area (Å²) in [5, 5.41) is 2.90. The molecule has 84 valence electrons. The molecule has 0 radical (unpaired) electrons. The van der Waals surface area contributed by atoms with Crippen molar-refractivity contribution in [2.75, 3.05) is 43.6 Å². The molecule has 1 aliphatic heterocycles. The van der Waals surface area contributed by atoms with Gasteiger partial charge in [-0.15, -0.1) is 0 Å². The third kappa shape index (κ3) is 1.90. The summed E-state index contributed by atoms with van der Waals surface area (Å²) < 4.78 is 5.27. The first-order valence-electron chi connectivity index (χ1n) is 5.09. The molecule has 2 rings (SSSR count). The van der Waals surface area contributed by atoms with E-state index in [-0.39, 0.29) is 0 Å². The molecule has 0 aliphatic carbocycles. The standard InChI is InChI=1S/C10H13N5O/c1-11-8-9(12-2)13-7-14-10(8)15-3-5-16-6-4-15/h7H,3-6H2,2H3,(H,12,13,14). The molecule has 0 aromatic carbocycles. The zero-order chi connectivity index (χ0) is 11.4. The highest BCUT2D eigenvalue weighted by molar-refractivity contribution is 5.78. The van der Waals surface area contributed by atoms with Gasteiger partial charge in [0.15, 0.2) is 0 Å². The highest BCUT2D eigenvalue weighted by Gasteiger charge is 2.18. The van der Waals surface area contributed by atoms with Crippen molar-refractivity contribution in [2.45, 2.75) is 0 Å². The van der Waals surface area contributed by atoms with Crippen molar-refractivity contribution < 1.29 is 4.74 Å². The molecule has 1 aromatic rings. The van der Waals surface area contributed by atoms with Crippen LogP contribution >= 0.6 is 0 Å². The molecule has 0 saturated carbocycles. The van der Waals surface area contributed by atoms with Crippen LogP contribution in [0.25, 0.3) is 4.85 Å². The molecule has 0 amide bonds. The molecule has 0 atom stereocenters. The van der Waals surface area contributed by atoms with Crippen LogP contribution < -0.4 is 10.2 Å². The van der Waals surface area contributed by atoms with Crippen LogP contribution in [0.5, 0.6) is 0 Å². The number of nitrogens with zero attached hydrogens (tertiary/aromatic N) is 4. The Morgan fingerprint density at radius 2 is 2.19 bits per heavy atom. The molecule has 1 fully saturated rings. The van der Waals surface area contributed by atoms with E-state index < -0.39 is 0 Å². The maximum Gasteiger partial charge on any atom is 0.269 e. The predicted molar refractivity (Wildman–Crippen MR) is 60.9 cm³/mol. The Labute approximate surface area is 94.1 Å². The van der Waals surface area contributed by atoms with Gasteiger partial charge in [-0.25, -0.2) is 14.8 Å². The summed E-state index contributed by atoms with van der Waals surface area (Å²) in [4.78, 5) is 13.8. The second kappa shape index (κ2) is 4.77. The van der Waals surface area contributed by atoms with E-state index in [1.807, 2.05) is 0 Å². The van der Waals surface area contributed by atoms with E-state index in [0.717, 1.165) is 13.1 Å². The van der Waals surface area contributed by atoms with Gasteiger partial charge in [0.2, 0.25) is 0 Å². The van der Waals surface area contributed by atoms with E-state index in [2.05, 4.69) is 25.0 Å². The minimum absolute atomic E-state index is 0.479. The quantitative estimate of drug-likeness (QED) is 0.749. The lowest BCUT2D eigenvalue weighted by atomic mass is 10.3. The van der Waals surface area contributed by atoms with Gasteiger partial charge in [-0.1, -0.05) is 0 Å². The van der Waals surface area contributed by atoms with Gasteiger partial charge in [0.1, 0.15) is 18.0 Å². The van der Waals surface area contributed by atoms with E-state index >= 15 is 0 Å². The van der Waals surface area contributed by atoms with E-state index in [1.165, 1.54) is 6.33 Å². The zero-order valence-corrected chi connectivity index (χ0v) is 9.10. The smallest absolute Gasteiger partial charge is 0.269 e. The molecule has 1 saturated heterocycles. The Bertz CT molecular complexity index is 408. The first-order valence-corrected chi connectivity index (χ1v) is 5.09. The van der Waals surface area contributed by atoms with Crippen molar-refractivity contribution in [2.24, 2.45) is 0 Å². The molecular weight excluding hydrogens is 206 g/mol. The summed E-state index contributed by atoms with van der Waals surface area (Å²) in [5.74, 6) is 1.27. The minimum atomic E-state index is 0.479. The van der Waals surface area contributed by atoms with Crippen molar-refractivity contribution in [1.82, 2.24) is 9.97 Å². The summed E-state index contributed by atoms with van der Waals surface area (Å²) in [6.07, 6.45) is 1.48. The van der Waals surface area contributed by atoms with E-state index in [0.29, 0.717) is 30.5 Å². The third-order valence-corrected chi connectivity index (χ3v) is 2.46. The second-order valence-electron chi connectivity index (χ2n) is 3.36. The summed E-state index contributed by atoms with van der Waals surface area (Å²) in [5.41, 5.74) is 0.479. The number of rotatable bonds is 2. The highest BCUT2D eigenvalue weighted by Crippen LogP contribution is 2.32. The van der Waals surface area contributed by atoms with Crippen LogP contribution in [0.4, 0.5) is 17.3 Å². The van der Waals surface area contributed by atoms with Gasteiger partial charge in [0, 0.05) is 20.1 Å². The highest BCUT2D eigenvalue weighted by atomic mass is 16.5. The number of hydrogen-bond donors (Lipinski definition) is 1. The molecule has 0 spiro atoms. The fourth-order valence-electron chi connectivity index (χ4n) is 1.66. The molecule has 16 heavy (non-hydrogen) atoms. The van der Waals surface area contributed by atoms with Gasteiger partial charge in [-0.2, -0.15) is 0 Å². The SMILES string of the molecule is [C-]#[N+]c1c(NC)ncnc1N1CCOCC1. The summed E-state index contributed by atoms with van der Waals surface area (Å²) >= 11 is 0. The second-order valence-corrected chi connectivity index (χ2v) is 3.36. The van der Waals surface area contributed by atoms with Gasteiger partial charge in [0.25, 0.3) is 5.69 Å². The topological polar surface area (TPSA) is 54.6 Å². The number of anilines is 2. The van der Waals surface area contributed by atoms with Crippen molar-refractivity contribution >= 4 is 17.3 Å². The van der Waals surface area contributed by atoms with Gasteiger partial charge in [-0.3, -0.25) is 0 Å².